The molecule has 0 spiro atoms. The number of rotatable bonds is 2. The minimum absolute atomic E-state index is 0.0937. The van der Waals surface area contributed by atoms with Crippen molar-refractivity contribution < 1.29 is 8.78 Å². The standard InChI is InChI=1S/C14H15F2N3/c1-9-2-4-10(5-3-9)11-8-12(14(15)16)19-13(18-11)6-7-17-19/h2-7,11-12,14,18H,8H2,1H3/t11-,12+/m1/s1. The summed E-state index contributed by atoms with van der Waals surface area (Å²) in [6, 6.07) is 8.75. The number of halogens is 2. The molecule has 0 amide bonds. The molecule has 19 heavy (non-hydrogen) atoms. The Morgan fingerprint density at radius 2 is 2.00 bits per heavy atom. The maximum Gasteiger partial charge on any atom is 0.260 e. The van der Waals surface area contributed by atoms with Crippen molar-refractivity contribution >= 4 is 5.82 Å². The second kappa shape index (κ2) is 4.64. The first-order valence-electron chi connectivity index (χ1n) is 6.30. The first kappa shape index (κ1) is 12.1. The van der Waals surface area contributed by atoms with Gasteiger partial charge in [0.05, 0.1) is 12.2 Å². The second-order valence-electron chi connectivity index (χ2n) is 4.91. The molecule has 1 N–H and O–H groups in total. The molecule has 5 heteroatoms. The van der Waals surface area contributed by atoms with Gasteiger partial charge in [-0.25, -0.2) is 13.5 Å². The van der Waals surface area contributed by atoms with Gasteiger partial charge in [-0.05, 0) is 18.9 Å². The highest BCUT2D eigenvalue weighted by atomic mass is 19.3. The Kier molecular flexibility index (Phi) is 2.97. The average molecular weight is 263 g/mol. The van der Waals surface area contributed by atoms with Crippen molar-refractivity contribution in [2.24, 2.45) is 0 Å². The van der Waals surface area contributed by atoms with Crippen LogP contribution in [0.15, 0.2) is 36.5 Å². The summed E-state index contributed by atoms with van der Waals surface area (Å²) in [6.07, 6.45) is -0.515. The summed E-state index contributed by atoms with van der Waals surface area (Å²) >= 11 is 0. The SMILES string of the molecule is Cc1ccc([C@H]2C[C@@H](C(F)F)n3nccc3N2)cc1. The van der Waals surface area contributed by atoms with E-state index in [1.807, 2.05) is 31.2 Å². The molecule has 1 aromatic carbocycles. The molecule has 1 aliphatic heterocycles. The topological polar surface area (TPSA) is 29.9 Å². The van der Waals surface area contributed by atoms with Crippen LogP contribution in [0.25, 0.3) is 0 Å². The number of nitrogens with zero attached hydrogens (tertiary/aromatic N) is 2. The zero-order valence-electron chi connectivity index (χ0n) is 10.6. The number of aryl methyl sites for hydroxylation is 1. The molecule has 0 saturated heterocycles. The van der Waals surface area contributed by atoms with Gasteiger partial charge in [0.1, 0.15) is 11.9 Å². The van der Waals surface area contributed by atoms with Gasteiger partial charge in [-0.1, -0.05) is 29.8 Å². The van der Waals surface area contributed by atoms with Crippen LogP contribution in [0, 0.1) is 6.92 Å². The number of anilines is 1. The molecule has 3 rings (SSSR count). The lowest BCUT2D eigenvalue weighted by Gasteiger charge is -2.32. The van der Waals surface area contributed by atoms with Crippen LogP contribution in [0.1, 0.15) is 29.6 Å². The van der Waals surface area contributed by atoms with E-state index in [-0.39, 0.29) is 6.04 Å². The molecule has 0 radical (unpaired) electrons. The monoisotopic (exact) mass is 263 g/mol. The van der Waals surface area contributed by atoms with Crippen molar-refractivity contribution in [2.45, 2.75) is 31.9 Å². The highest BCUT2D eigenvalue weighted by Crippen LogP contribution is 2.37. The van der Waals surface area contributed by atoms with E-state index >= 15 is 0 Å². The number of fused-ring (bicyclic) bond motifs is 1. The molecule has 100 valence electrons. The minimum atomic E-state index is -2.41. The fraction of sp³-hybridized carbons (Fsp3) is 0.357. The van der Waals surface area contributed by atoms with Gasteiger partial charge in [-0.2, -0.15) is 5.10 Å². The van der Waals surface area contributed by atoms with Crippen LogP contribution in [-0.4, -0.2) is 16.2 Å². The van der Waals surface area contributed by atoms with Crippen molar-refractivity contribution in [2.75, 3.05) is 5.32 Å². The van der Waals surface area contributed by atoms with E-state index in [1.54, 1.807) is 12.3 Å². The van der Waals surface area contributed by atoms with Gasteiger partial charge in [0, 0.05) is 6.07 Å². The van der Waals surface area contributed by atoms with Crippen molar-refractivity contribution in [1.29, 1.82) is 0 Å². The maximum atomic E-state index is 13.1. The van der Waals surface area contributed by atoms with E-state index in [0.717, 1.165) is 11.1 Å². The maximum absolute atomic E-state index is 13.1. The van der Waals surface area contributed by atoms with E-state index in [4.69, 9.17) is 0 Å². The Bertz CT molecular complexity index is 562. The molecule has 0 saturated carbocycles. The van der Waals surface area contributed by atoms with Crippen LogP contribution >= 0.6 is 0 Å². The van der Waals surface area contributed by atoms with Gasteiger partial charge >= 0.3 is 0 Å². The lowest BCUT2D eigenvalue weighted by atomic mass is 9.97. The lowest BCUT2D eigenvalue weighted by Crippen LogP contribution is -2.30. The summed E-state index contributed by atoms with van der Waals surface area (Å²) in [6.45, 7) is 2.01. The van der Waals surface area contributed by atoms with Crippen molar-refractivity contribution in [3.05, 3.63) is 47.7 Å². The van der Waals surface area contributed by atoms with E-state index in [1.165, 1.54) is 4.68 Å². The molecule has 1 aromatic heterocycles. The third-order valence-electron chi connectivity index (χ3n) is 3.55. The van der Waals surface area contributed by atoms with Crippen LogP contribution in [0.5, 0.6) is 0 Å². The molecule has 2 aromatic rings. The molecule has 0 fully saturated rings. The Hall–Kier alpha value is -1.91. The van der Waals surface area contributed by atoms with Crippen LogP contribution in [0.3, 0.4) is 0 Å². The van der Waals surface area contributed by atoms with Crippen LogP contribution in [0.2, 0.25) is 0 Å². The Labute approximate surface area is 110 Å². The van der Waals surface area contributed by atoms with Crippen LogP contribution in [-0.2, 0) is 0 Å². The fourth-order valence-corrected chi connectivity index (χ4v) is 2.50. The highest BCUT2D eigenvalue weighted by molar-refractivity contribution is 5.41. The van der Waals surface area contributed by atoms with Gasteiger partial charge in [0.2, 0.25) is 0 Å². The van der Waals surface area contributed by atoms with E-state index in [2.05, 4.69) is 10.4 Å². The van der Waals surface area contributed by atoms with Gasteiger partial charge < -0.3 is 5.32 Å². The third-order valence-corrected chi connectivity index (χ3v) is 3.55. The number of aromatic nitrogens is 2. The summed E-state index contributed by atoms with van der Waals surface area (Å²) in [5.74, 6) is 0.655. The highest BCUT2D eigenvalue weighted by Gasteiger charge is 2.33. The van der Waals surface area contributed by atoms with Crippen LogP contribution in [0.4, 0.5) is 14.6 Å². The predicted octanol–water partition coefficient (Wildman–Crippen LogP) is 3.55. The Morgan fingerprint density at radius 3 is 2.68 bits per heavy atom. The number of nitrogens with one attached hydrogen (secondary N) is 1. The molecule has 3 nitrogen and oxygen atoms in total. The first-order chi connectivity index (χ1) is 9.15. The van der Waals surface area contributed by atoms with Gasteiger partial charge in [0.15, 0.2) is 0 Å². The molecular formula is C14H15F2N3. The minimum Gasteiger partial charge on any atom is -0.363 e. The van der Waals surface area contributed by atoms with E-state index in [0.29, 0.717) is 12.2 Å². The normalized spacial score (nSPS) is 22.1. The van der Waals surface area contributed by atoms with Crippen LogP contribution < -0.4 is 5.32 Å². The average Bonchev–Trinajstić information content (AvgIpc) is 2.86. The summed E-state index contributed by atoms with van der Waals surface area (Å²) in [5, 5.41) is 7.24. The fourth-order valence-electron chi connectivity index (χ4n) is 2.50. The zero-order valence-corrected chi connectivity index (χ0v) is 10.6. The molecule has 0 bridgehead atoms. The molecular weight excluding hydrogens is 248 g/mol. The molecule has 0 aliphatic carbocycles. The number of benzene rings is 1. The van der Waals surface area contributed by atoms with Crippen molar-refractivity contribution in [3.8, 4) is 0 Å². The predicted molar refractivity (Wildman–Crippen MR) is 69.4 cm³/mol. The second-order valence-corrected chi connectivity index (χ2v) is 4.91. The zero-order chi connectivity index (χ0) is 13.4. The quantitative estimate of drug-likeness (QED) is 0.898. The Morgan fingerprint density at radius 1 is 1.26 bits per heavy atom. The lowest BCUT2D eigenvalue weighted by molar-refractivity contribution is 0.0658. The largest absolute Gasteiger partial charge is 0.363 e. The van der Waals surface area contributed by atoms with E-state index < -0.39 is 12.5 Å². The molecule has 0 unspecified atom stereocenters. The van der Waals surface area contributed by atoms with E-state index in [9.17, 15) is 8.78 Å². The Balaban J connectivity index is 1.92. The smallest absolute Gasteiger partial charge is 0.260 e. The van der Waals surface area contributed by atoms with Gasteiger partial charge in [-0.15, -0.1) is 0 Å². The number of hydrogen-bond acceptors (Lipinski definition) is 2. The molecule has 1 aliphatic rings. The van der Waals surface area contributed by atoms with Crippen molar-refractivity contribution in [3.63, 3.8) is 0 Å². The van der Waals surface area contributed by atoms with Crippen molar-refractivity contribution in [1.82, 2.24) is 9.78 Å². The van der Waals surface area contributed by atoms with Gasteiger partial charge in [0.25, 0.3) is 6.43 Å². The third kappa shape index (κ3) is 2.20. The summed E-state index contributed by atoms with van der Waals surface area (Å²) in [4.78, 5) is 0. The molecule has 2 heterocycles. The molecule has 2 atom stereocenters. The number of alkyl halides is 2. The summed E-state index contributed by atoms with van der Waals surface area (Å²) in [7, 11) is 0. The first-order valence-corrected chi connectivity index (χ1v) is 6.30. The summed E-state index contributed by atoms with van der Waals surface area (Å²) in [5.41, 5.74) is 2.19. The summed E-state index contributed by atoms with van der Waals surface area (Å²) < 4.78 is 27.7. The number of hydrogen-bond donors (Lipinski definition) is 1. The van der Waals surface area contributed by atoms with Gasteiger partial charge in [-0.3, -0.25) is 0 Å².